The Morgan fingerprint density at radius 1 is 1.04 bits per heavy atom. The summed E-state index contributed by atoms with van der Waals surface area (Å²) in [5, 5.41) is 2.42. The minimum absolute atomic E-state index is 0.0959. The minimum Gasteiger partial charge on any atom is -0.343 e. The van der Waals surface area contributed by atoms with E-state index in [1.54, 1.807) is 4.90 Å². The zero-order valence-corrected chi connectivity index (χ0v) is 15.1. The molecule has 26 heavy (non-hydrogen) atoms. The van der Waals surface area contributed by atoms with E-state index >= 15 is 0 Å². The number of hydrogen-bond donors (Lipinski definition) is 1. The number of nitrogens with zero attached hydrogens (tertiary/aromatic N) is 1. The summed E-state index contributed by atoms with van der Waals surface area (Å²) in [6.45, 7) is 5.17. The Morgan fingerprint density at radius 3 is 2.12 bits per heavy atom. The third-order valence-electron chi connectivity index (χ3n) is 5.01. The van der Waals surface area contributed by atoms with Crippen molar-refractivity contribution in [2.24, 2.45) is 11.8 Å². The van der Waals surface area contributed by atoms with Crippen LogP contribution in [0.5, 0.6) is 0 Å². The number of benzene rings is 1. The summed E-state index contributed by atoms with van der Waals surface area (Å²) in [6.07, 6.45) is -2.31. The van der Waals surface area contributed by atoms with Gasteiger partial charge in [-0.2, -0.15) is 13.2 Å². The minimum atomic E-state index is -4.52. The zero-order valence-electron chi connectivity index (χ0n) is 15.1. The predicted molar refractivity (Wildman–Crippen MR) is 93.4 cm³/mol. The summed E-state index contributed by atoms with van der Waals surface area (Å²) in [5.74, 6) is -0.759. The lowest BCUT2D eigenvalue weighted by molar-refractivity contribution is -0.138. The van der Waals surface area contributed by atoms with Gasteiger partial charge >= 0.3 is 6.18 Å². The van der Waals surface area contributed by atoms with Crippen LogP contribution in [0.2, 0.25) is 0 Å². The molecule has 0 radical (unpaired) electrons. The fourth-order valence-corrected chi connectivity index (χ4v) is 3.47. The number of carbonyl (C=O) groups is 2. The van der Waals surface area contributed by atoms with Gasteiger partial charge < -0.3 is 10.2 Å². The van der Waals surface area contributed by atoms with Crippen molar-refractivity contribution in [3.8, 4) is 0 Å². The SMILES string of the molecule is CCN(CC)C(=O)C1CCC(C(=O)Nc2ccccc2C(F)(F)F)CC1. The fourth-order valence-electron chi connectivity index (χ4n) is 3.47. The molecule has 2 amide bonds. The Bertz CT molecular complexity index is 634. The van der Waals surface area contributed by atoms with E-state index in [2.05, 4.69) is 5.32 Å². The monoisotopic (exact) mass is 370 g/mol. The van der Waals surface area contributed by atoms with Crippen molar-refractivity contribution in [2.75, 3.05) is 18.4 Å². The van der Waals surface area contributed by atoms with Gasteiger partial charge in [-0.15, -0.1) is 0 Å². The highest BCUT2D eigenvalue weighted by Gasteiger charge is 2.35. The first-order valence-corrected chi connectivity index (χ1v) is 9.03. The van der Waals surface area contributed by atoms with Gasteiger partial charge in [0, 0.05) is 24.9 Å². The molecular formula is C19H25F3N2O2. The molecular weight excluding hydrogens is 345 g/mol. The van der Waals surface area contributed by atoms with E-state index in [0.717, 1.165) is 6.07 Å². The van der Waals surface area contributed by atoms with E-state index in [4.69, 9.17) is 0 Å². The van der Waals surface area contributed by atoms with Gasteiger partial charge in [0.25, 0.3) is 0 Å². The lowest BCUT2D eigenvalue weighted by Crippen LogP contribution is -2.38. The molecule has 0 aromatic heterocycles. The van der Waals surface area contributed by atoms with Crippen LogP contribution in [0.25, 0.3) is 0 Å². The molecule has 144 valence electrons. The van der Waals surface area contributed by atoms with Gasteiger partial charge in [-0.1, -0.05) is 12.1 Å². The number of carbonyl (C=O) groups excluding carboxylic acids is 2. The third kappa shape index (κ3) is 4.77. The number of rotatable bonds is 5. The molecule has 1 aliphatic rings. The highest BCUT2D eigenvalue weighted by Crippen LogP contribution is 2.36. The average molecular weight is 370 g/mol. The van der Waals surface area contributed by atoms with Crippen molar-refractivity contribution in [1.82, 2.24) is 4.90 Å². The molecule has 0 saturated heterocycles. The lowest BCUT2D eigenvalue weighted by atomic mass is 9.81. The summed E-state index contributed by atoms with van der Waals surface area (Å²) < 4.78 is 39.1. The maximum absolute atomic E-state index is 13.0. The van der Waals surface area contributed by atoms with Crippen LogP contribution in [0.4, 0.5) is 18.9 Å². The van der Waals surface area contributed by atoms with Crippen molar-refractivity contribution < 1.29 is 22.8 Å². The van der Waals surface area contributed by atoms with E-state index in [1.807, 2.05) is 13.8 Å². The smallest absolute Gasteiger partial charge is 0.343 e. The van der Waals surface area contributed by atoms with Crippen molar-refractivity contribution >= 4 is 17.5 Å². The van der Waals surface area contributed by atoms with Crippen LogP contribution in [0, 0.1) is 11.8 Å². The van der Waals surface area contributed by atoms with Crippen molar-refractivity contribution in [1.29, 1.82) is 0 Å². The van der Waals surface area contributed by atoms with Crippen molar-refractivity contribution in [3.63, 3.8) is 0 Å². The number of hydrogen-bond acceptors (Lipinski definition) is 2. The number of anilines is 1. The van der Waals surface area contributed by atoms with Crippen LogP contribution in [0.1, 0.15) is 45.1 Å². The summed E-state index contributed by atoms with van der Waals surface area (Å²) in [6, 6.07) is 4.97. The van der Waals surface area contributed by atoms with Crippen LogP contribution in [0.15, 0.2) is 24.3 Å². The molecule has 0 unspecified atom stereocenters. The third-order valence-corrected chi connectivity index (χ3v) is 5.01. The van der Waals surface area contributed by atoms with Gasteiger partial charge in [0.15, 0.2) is 0 Å². The molecule has 2 rings (SSSR count). The van der Waals surface area contributed by atoms with Crippen LogP contribution in [-0.4, -0.2) is 29.8 Å². The normalized spacial score (nSPS) is 20.5. The molecule has 1 fully saturated rings. The first-order valence-electron chi connectivity index (χ1n) is 9.03. The topological polar surface area (TPSA) is 49.4 Å². The van der Waals surface area contributed by atoms with E-state index in [9.17, 15) is 22.8 Å². The number of nitrogens with one attached hydrogen (secondary N) is 1. The number of para-hydroxylation sites is 1. The molecule has 7 heteroatoms. The van der Waals surface area contributed by atoms with Crippen molar-refractivity contribution in [2.45, 2.75) is 45.7 Å². The Morgan fingerprint density at radius 2 is 1.58 bits per heavy atom. The van der Waals surface area contributed by atoms with Crippen LogP contribution in [-0.2, 0) is 15.8 Å². The molecule has 1 saturated carbocycles. The van der Waals surface area contributed by atoms with E-state index in [-0.39, 0.29) is 23.4 Å². The zero-order chi connectivity index (χ0) is 19.3. The predicted octanol–water partition coefficient (Wildman–Crippen LogP) is 4.32. The average Bonchev–Trinajstić information content (AvgIpc) is 2.62. The first kappa shape index (κ1) is 20.3. The lowest BCUT2D eigenvalue weighted by Gasteiger charge is -2.31. The summed E-state index contributed by atoms with van der Waals surface area (Å²) >= 11 is 0. The second-order valence-electron chi connectivity index (χ2n) is 6.59. The van der Waals surface area contributed by atoms with Gasteiger partial charge in [0.2, 0.25) is 11.8 Å². The highest BCUT2D eigenvalue weighted by atomic mass is 19.4. The molecule has 1 aliphatic carbocycles. The maximum atomic E-state index is 13.0. The molecule has 4 nitrogen and oxygen atoms in total. The number of halogens is 3. The Balaban J connectivity index is 1.97. The second-order valence-corrected chi connectivity index (χ2v) is 6.59. The standard InChI is InChI=1S/C19H25F3N2O2/c1-3-24(4-2)18(26)14-11-9-13(10-12-14)17(25)23-16-8-6-5-7-15(16)19(20,21)22/h5-8,13-14H,3-4,9-12H2,1-2H3,(H,23,25). The van der Waals surface area contributed by atoms with Crippen LogP contribution in [0.3, 0.4) is 0 Å². The molecule has 0 bridgehead atoms. The molecule has 1 N–H and O–H groups in total. The molecule has 0 atom stereocenters. The second kappa shape index (κ2) is 8.56. The van der Waals surface area contributed by atoms with Gasteiger partial charge in [0.05, 0.1) is 11.3 Å². The molecule has 1 aromatic carbocycles. The first-order chi connectivity index (χ1) is 12.3. The molecule has 0 heterocycles. The van der Waals surface area contributed by atoms with Crippen LogP contribution >= 0.6 is 0 Å². The Kier molecular flexibility index (Phi) is 6.67. The molecule has 1 aromatic rings. The number of alkyl halides is 3. The van der Waals surface area contributed by atoms with E-state index < -0.39 is 17.6 Å². The highest BCUT2D eigenvalue weighted by molar-refractivity contribution is 5.93. The fraction of sp³-hybridized carbons (Fsp3) is 0.579. The Labute approximate surface area is 151 Å². The van der Waals surface area contributed by atoms with Gasteiger partial charge in [-0.05, 0) is 51.7 Å². The van der Waals surface area contributed by atoms with Crippen molar-refractivity contribution in [3.05, 3.63) is 29.8 Å². The summed E-state index contributed by atoms with van der Waals surface area (Å²) in [7, 11) is 0. The van der Waals surface area contributed by atoms with E-state index in [1.165, 1.54) is 18.2 Å². The van der Waals surface area contributed by atoms with Crippen LogP contribution < -0.4 is 5.32 Å². The van der Waals surface area contributed by atoms with Gasteiger partial charge in [-0.25, -0.2) is 0 Å². The molecule has 0 spiro atoms. The largest absolute Gasteiger partial charge is 0.418 e. The summed E-state index contributed by atoms with van der Waals surface area (Å²) in [5.41, 5.74) is -1.06. The Hall–Kier alpha value is -2.05. The van der Waals surface area contributed by atoms with Gasteiger partial charge in [0.1, 0.15) is 0 Å². The van der Waals surface area contributed by atoms with E-state index in [0.29, 0.717) is 38.8 Å². The number of amides is 2. The maximum Gasteiger partial charge on any atom is 0.418 e. The van der Waals surface area contributed by atoms with Gasteiger partial charge in [-0.3, -0.25) is 9.59 Å². The molecule has 0 aliphatic heterocycles. The quantitative estimate of drug-likeness (QED) is 0.839. The summed E-state index contributed by atoms with van der Waals surface area (Å²) in [4.78, 5) is 26.6.